The summed E-state index contributed by atoms with van der Waals surface area (Å²) in [5.41, 5.74) is 3.69. The first-order valence-corrected chi connectivity index (χ1v) is 10.7. The Morgan fingerprint density at radius 3 is 2.81 bits per heavy atom. The van der Waals surface area contributed by atoms with Crippen LogP contribution in [0.15, 0.2) is 51.9 Å². The topological polar surface area (TPSA) is 74.6 Å². The molecule has 0 radical (unpaired) electrons. The average molecular weight is 422 g/mol. The van der Waals surface area contributed by atoms with Crippen LogP contribution in [0.1, 0.15) is 51.5 Å². The SMILES string of the molecule is CC1CC(C)(C)N(CCCC(=O)O)c2cc3oc(=O)c(-c4ccc[n+](C)c4)cc3cc21. The van der Waals surface area contributed by atoms with Crippen LogP contribution in [0.2, 0.25) is 0 Å². The van der Waals surface area contributed by atoms with Crippen LogP contribution in [0.4, 0.5) is 5.69 Å². The molecular formula is C25H29N2O4+. The first kappa shape index (κ1) is 21.1. The average Bonchev–Trinajstić information content (AvgIpc) is 2.68. The zero-order valence-electron chi connectivity index (χ0n) is 18.5. The molecule has 6 heteroatoms. The molecule has 0 spiro atoms. The van der Waals surface area contributed by atoms with Gasteiger partial charge in [0.25, 0.3) is 0 Å². The number of rotatable bonds is 5. The number of anilines is 1. The van der Waals surface area contributed by atoms with E-state index in [1.165, 1.54) is 5.56 Å². The third-order valence-corrected chi connectivity index (χ3v) is 6.26. The van der Waals surface area contributed by atoms with Gasteiger partial charge in [-0.3, -0.25) is 4.79 Å². The smallest absolute Gasteiger partial charge is 0.344 e. The highest BCUT2D eigenvalue weighted by atomic mass is 16.4. The van der Waals surface area contributed by atoms with Crippen LogP contribution in [-0.2, 0) is 11.8 Å². The lowest BCUT2D eigenvalue weighted by molar-refractivity contribution is -0.671. The van der Waals surface area contributed by atoms with Gasteiger partial charge in [0.2, 0.25) is 0 Å². The molecule has 1 aromatic carbocycles. The lowest BCUT2D eigenvalue weighted by atomic mass is 9.79. The van der Waals surface area contributed by atoms with Crippen molar-refractivity contribution in [2.45, 2.75) is 51.5 Å². The molecule has 0 saturated heterocycles. The van der Waals surface area contributed by atoms with Gasteiger partial charge in [0.05, 0.1) is 11.1 Å². The summed E-state index contributed by atoms with van der Waals surface area (Å²) in [6, 6.07) is 9.82. The second-order valence-corrected chi connectivity index (χ2v) is 9.22. The van der Waals surface area contributed by atoms with Crippen LogP contribution in [0.25, 0.3) is 22.1 Å². The molecule has 0 saturated carbocycles. The second kappa shape index (κ2) is 7.84. The van der Waals surface area contributed by atoms with Gasteiger partial charge in [0.15, 0.2) is 12.4 Å². The Hall–Kier alpha value is -3.15. The largest absolute Gasteiger partial charge is 0.481 e. The summed E-state index contributed by atoms with van der Waals surface area (Å²) in [6.45, 7) is 7.24. The lowest BCUT2D eigenvalue weighted by Gasteiger charge is -2.47. The minimum absolute atomic E-state index is 0.113. The molecule has 1 unspecified atom stereocenters. The van der Waals surface area contributed by atoms with Crippen LogP contribution >= 0.6 is 0 Å². The highest BCUT2D eigenvalue weighted by Gasteiger charge is 2.36. The molecule has 162 valence electrons. The number of aliphatic carboxylic acids is 1. The van der Waals surface area contributed by atoms with E-state index in [9.17, 15) is 9.59 Å². The van der Waals surface area contributed by atoms with E-state index in [0.29, 0.717) is 30.0 Å². The van der Waals surface area contributed by atoms with Crippen molar-refractivity contribution in [1.29, 1.82) is 0 Å². The molecule has 31 heavy (non-hydrogen) atoms. The van der Waals surface area contributed by atoms with Gasteiger partial charge >= 0.3 is 11.6 Å². The van der Waals surface area contributed by atoms with Gasteiger partial charge in [-0.2, -0.15) is 0 Å². The van der Waals surface area contributed by atoms with E-state index in [0.717, 1.165) is 23.1 Å². The summed E-state index contributed by atoms with van der Waals surface area (Å²) in [4.78, 5) is 26.1. The van der Waals surface area contributed by atoms with E-state index in [4.69, 9.17) is 9.52 Å². The molecule has 0 bridgehead atoms. The summed E-state index contributed by atoms with van der Waals surface area (Å²) in [7, 11) is 1.92. The van der Waals surface area contributed by atoms with E-state index in [-0.39, 0.29) is 17.6 Å². The summed E-state index contributed by atoms with van der Waals surface area (Å²) in [6.07, 6.45) is 5.50. The lowest BCUT2D eigenvalue weighted by Crippen LogP contribution is -2.48. The molecule has 0 amide bonds. The van der Waals surface area contributed by atoms with Gasteiger partial charge in [-0.25, -0.2) is 9.36 Å². The zero-order chi connectivity index (χ0) is 22.3. The van der Waals surface area contributed by atoms with Crippen LogP contribution < -0.4 is 15.1 Å². The van der Waals surface area contributed by atoms with Gasteiger partial charge in [-0.05, 0) is 56.4 Å². The number of carboxylic acids is 1. The molecule has 0 fully saturated rings. The molecule has 3 aromatic rings. The fourth-order valence-electron chi connectivity index (χ4n) is 4.86. The Morgan fingerprint density at radius 2 is 2.10 bits per heavy atom. The third-order valence-electron chi connectivity index (χ3n) is 6.26. The number of fused-ring (bicyclic) bond motifs is 2. The maximum Gasteiger partial charge on any atom is 0.344 e. The number of carboxylic acid groups (broad SMARTS) is 1. The summed E-state index contributed by atoms with van der Waals surface area (Å²) >= 11 is 0. The number of pyridine rings is 1. The Balaban J connectivity index is 1.82. The maximum atomic E-state index is 12.8. The number of nitrogens with zero attached hydrogens (tertiary/aromatic N) is 2. The number of benzene rings is 1. The van der Waals surface area contributed by atoms with Crippen molar-refractivity contribution in [2.24, 2.45) is 7.05 Å². The van der Waals surface area contributed by atoms with Crippen molar-refractivity contribution in [3.8, 4) is 11.1 Å². The highest BCUT2D eigenvalue weighted by molar-refractivity contribution is 5.87. The predicted molar refractivity (Wildman–Crippen MR) is 120 cm³/mol. The van der Waals surface area contributed by atoms with Crippen molar-refractivity contribution in [2.75, 3.05) is 11.4 Å². The molecule has 1 N–H and O–H groups in total. The molecule has 0 aliphatic carbocycles. The van der Waals surface area contributed by atoms with E-state index in [2.05, 4.69) is 31.7 Å². The third kappa shape index (κ3) is 4.07. The minimum Gasteiger partial charge on any atom is -0.481 e. The van der Waals surface area contributed by atoms with Crippen LogP contribution in [0, 0.1) is 0 Å². The number of hydrogen-bond donors (Lipinski definition) is 1. The molecule has 4 rings (SSSR count). The zero-order valence-corrected chi connectivity index (χ0v) is 18.5. The van der Waals surface area contributed by atoms with Crippen molar-refractivity contribution in [1.82, 2.24) is 0 Å². The maximum absolute atomic E-state index is 12.8. The van der Waals surface area contributed by atoms with E-state index < -0.39 is 5.97 Å². The van der Waals surface area contributed by atoms with E-state index in [1.807, 2.05) is 48.3 Å². The fourth-order valence-corrected chi connectivity index (χ4v) is 4.86. The van der Waals surface area contributed by atoms with Crippen LogP contribution in [-0.4, -0.2) is 23.2 Å². The number of carbonyl (C=O) groups is 1. The van der Waals surface area contributed by atoms with E-state index in [1.54, 1.807) is 0 Å². The van der Waals surface area contributed by atoms with Gasteiger partial charge in [0, 0.05) is 41.7 Å². The van der Waals surface area contributed by atoms with Crippen LogP contribution in [0.5, 0.6) is 0 Å². The molecule has 1 atom stereocenters. The Labute approximate surface area is 181 Å². The van der Waals surface area contributed by atoms with Crippen LogP contribution in [0.3, 0.4) is 0 Å². The summed E-state index contributed by atoms with van der Waals surface area (Å²) in [5.74, 6) is -0.440. The Morgan fingerprint density at radius 1 is 1.32 bits per heavy atom. The molecular weight excluding hydrogens is 392 g/mol. The Kier molecular flexibility index (Phi) is 5.33. The van der Waals surface area contributed by atoms with Crippen molar-refractivity contribution >= 4 is 22.6 Å². The first-order chi connectivity index (χ1) is 14.7. The number of aryl methyl sites for hydroxylation is 1. The molecule has 1 aliphatic rings. The minimum atomic E-state index is -0.783. The first-order valence-electron chi connectivity index (χ1n) is 10.7. The highest BCUT2D eigenvalue weighted by Crippen LogP contribution is 2.45. The standard InChI is InChI=1S/C25H28N2O4/c1-16-14-25(2,3)27(10-6-8-23(28)29)21-13-22-18(11-19(16)21)12-20(24(30)31-22)17-7-5-9-26(4)15-17/h5,7,9,11-13,15-16H,6,8,10,14H2,1-4H3/p+1. The molecule has 6 nitrogen and oxygen atoms in total. The molecule has 1 aliphatic heterocycles. The Bertz CT molecular complexity index is 1210. The molecule has 3 heterocycles. The van der Waals surface area contributed by atoms with Gasteiger partial charge in [-0.1, -0.05) is 6.92 Å². The normalized spacial score (nSPS) is 17.5. The van der Waals surface area contributed by atoms with Crippen molar-refractivity contribution in [3.63, 3.8) is 0 Å². The van der Waals surface area contributed by atoms with Gasteiger partial charge in [0.1, 0.15) is 12.6 Å². The fraction of sp³-hybridized carbons (Fsp3) is 0.400. The van der Waals surface area contributed by atoms with Crippen molar-refractivity contribution in [3.05, 3.63) is 58.7 Å². The number of hydrogen-bond acceptors (Lipinski definition) is 4. The summed E-state index contributed by atoms with van der Waals surface area (Å²) in [5, 5.41) is 9.95. The van der Waals surface area contributed by atoms with Gasteiger partial charge < -0.3 is 14.4 Å². The number of aromatic nitrogens is 1. The predicted octanol–water partition coefficient (Wildman–Crippen LogP) is 4.24. The quantitative estimate of drug-likeness (QED) is 0.493. The summed E-state index contributed by atoms with van der Waals surface area (Å²) < 4.78 is 7.67. The van der Waals surface area contributed by atoms with Crippen molar-refractivity contribution < 1.29 is 18.9 Å². The molecule has 2 aromatic heterocycles. The second-order valence-electron chi connectivity index (χ2n) is 9.22. The van der Waals surface area contributed by atoms with Gasteiger partial charge in [-0.15, -0.1) is 0 Å². The van der Waals surface area contributed by atoms with E-state index >= 15 is 0 Å². The monoisotopic (exact) mass is 421 g/mol.